The van der Waals surface area contributed by atoms with E-state index < -0.39 is 0 Å². The lowest BCUT2D eigenvalue weighted by Crippen LogP contribution is -2.22. The number of ether oxygens (including phenoxy) is 1. The summed E-state index contributed by atoms with van der Waals surface area (Å²) in [4.78, 5) is 9.02. The van der Waals surface area contributed by atoms with Crippen molar-refractivity contribution in [2.45, 2.75) is 12.5 Å². The molecule has 1 atom stereocenters. The highest BCUT2D eigenvalue weighted by atomic mass is 32.2. The molecule has 0 radical (unpaired) electrons. The first-order valence-electron chi connectivity index (χ1n) is 14.2. The van der Waals surface area contributed by atoms with E-state index in [1.165, 1.54) is 23.7 Å². The summed E-state index contributed by atoms with van der Waals surface area (Å²) < 4.78 is 17.8. The first-order chi connectivity index (χ1) is 21.7. The van der Waals surface area contributed by atoms with Crippen molar-refractivity contribution in [3.63, 3.8) is 0 Å². The number of anilines is 5. The van der Waals surface area contributed by atoms with Crippen LogP contribution in [0.4, 0.5) is 28.6 Å². The number of benzene rings is 4. The van der Waals surface area contributed by atoms with Crippen LogP contribution in [-0.4, -0.2) is 16.2 Å². The van der Waals surface area contributed by atoms with Crippen LogP contribution >= 0.6 is 23.7 Å². The molecular weight excluding hydrogens is 585 g/mol. The molecule has 0 spiro atoms. The van der Waals surface area contributed by atoms with E-state index in [0.29, 0.717) is 28.1 Å². The van der Waals surface area contributed by atoms with Gasteiger partial charge in [-0.1, -0.05) is 79.4 Å². The highest BCUT2D eigenvalue weighted by Gasteiger charge is 2.31. The fraction of sp³-hybridized carbons (Fsp3) is 0.0556. The third-order valence-corrected chi connectivity index (χ3v) is 8.76. The molecule has 44 heavy (non-hydrogen) atoms. The Morgan fingerprint density at radius 2 is 1.18 bits per heavy atom. The maximum atomic E-state index is 6.54. The van der Waals surface area contributed by atoms with Crippen molar-refractivity contribution < 1.29 is 9.15 Å². The van der Waals surface area contributed by atoms with Crippen molar-refractivity contribution in [3.05, 3.63) is 163 Å². The van der Waals surface area contributed by atoms with E-state index in [0.717, 1.165) is 33.7 Å². The molecule has 1 unspecified atom stereocenters. The molecule has 0 saturated heterocycles. The molecule has 0 N–H and O–H groups in total. The second-order valence-corrected chi connectivity index (χ2v) is 11.8. The zero-order valence-corrected chi connectivity index (χ0v) is 25.3. The minimum atomic E-state index is -0.274. The first-order valence-corrected chi connectivity index (χ1v) is 15.8. The Bertz CT molecular complexity index is 1760. The highest BCUT2D eigenvalue weighted by Crippen LogP contribution is 2.40. The van der Waals surface area contributed by atoms with Gasteiger partial charge in [0.1, 0.15) is 5.04 Å². The number of hydrogen-bond acceptors (Lipinski definition) is 8. The molecular formula is C36H28N4O2S2. The summed E-state index contributed by atoms with van der Waals surface area (Å²) >= 11 is 2.70. The number of thioether (sulfide) groups is 1. The number of furan rings is 1. The molecule has 4 aromatic carbocycles. The van der Waals surface area contributed by atoms with E-state index in [-0.39, 0.29) is 6.10 Å². The molecule has 216 valence electrons. The minimum absolute atomic E-state index is 0.274. The van der Waals surface area contributed by atoms with Crippen LogP contribution < -0.4 is 9.80 Å². The Labute approximate surface area is 265 Å². The van der Waals surface area contributed by atoms with Crippen LogP contribution in [-0.2, 0) is 4.74 Å². The van der Waals surface area contributed by atoms with E-state index in [1.807, 2.05) is 84.9 Å². The fourth-order valence-corrected chi connectivity index (χ4v) is 6.61. The number of rotatable bonds is 8. The fourth-order valence-electron chi connectivity index (χ4n) is 5.03. The van der Waals surface area contributed by atoms with Gasteiger partial charge in [-0.15, -0.1) is 0 Å². The molecule has 0 fully saturated rings. The SMILES string of the molecule is C=C1N=C(C2CC=C(N(c3ccccc3)c3ccccc3)O2)SN=C(c2ccc(N(c3ccccc3)c3ccccc3)o2)S1. The average molecular weight is 613 g/mol. The van der Waals surface area contributed by atoms with Gasteiger partial charge < -0.3 is 9.15 Å². The van der Waals surface area contributed by atoms with Crippen LogP contribution in [0, 0.1) is 0 Å². The van der Waals surface area contributed by atoms with Crippen LogP contribution in [0.15, 0.2) is 171 Å². The number of para-hydroxylation sites is 4. The average Bonchev–Trinajstić information content (AvgIpc) is 3.71. The third-order valence-electron chi connectivity index (χ3n) is 7.02. The van der Waals surface area contributed by atoms with Crippen molar-refractivity contribution in [2.24, 2.45) is 9.39 Å². The van der Waals surface area contributed by atoms with Crippen LogP contribution in [0.1, 0.15) is 12.2 Å². The van der Waals surface area contributed by atoms with E-state index in [2.05, 4.69) is 71.0 Å². The Balaban J connectivity index is 1.11. The van der Waals surface area contributed by atoms with Crippen molar-refractivity contribution in [1.29, 1.82) is 0 Å². The van der Waals surface area contributed by atoms with Gasteiger partial charge in [0.25, 0.3) is 0 Å². The standard InChI is InChI=1S/C36H28N4O2S2/c1-26-37-35(31-22-24-33(41-31)39(27-14-6-2-7-15-27)28-16-8-3-9-17-28)44-38-36(43-26)32-23-25-34(42-32)40(29-18-10-4-11-19-29)30-20-12-5-13-21-30/h2-21,23-25,31H,1,22H2. The lowest BCUT2D eigenvalue weighted by molar-refractivity contribution is 0.198. The Hall–Kier alpha value is -4.92. The summed E-state index contributed by atoms with van der Waals surface area (Å²) in [5, 5.41) is 2.09. The molecule has 0 aliphatic carbocycles. The van der Waals surface area contributed by atoms with Gasteiger partial charge in [-0.3, -0.25) is 9.80 Å². The Morgan fingerprint density at radius 1 is 0.659 bits per heavy atom. The quantitative estimate of drug-likeness (QED) is 0.163. The van der Waals surface area contributed by atoms with E-state index >= 15 is 0 Å². The molecule has 6 nitrogen and oxygen atoms in total. The van der Waals surface area contributed by atoms with E-state index in [9.17, 15) is 0 Å². The topological polar surface area (TPSA) is 53.6 Å². The molecule has 1 aromatic heterocycles. The van der Waals surface area contributed by atoms with Gasteiger partial charge in [0, 0.05) is 47.2 Å². The van der Waals surface area contributed by atoms with Gasteiger partial charge in [-0.25, -0.2) is 4.99 Å². The second-order valence-electron chi connectivity index (χ2n) is 9.97. The van der Waals surface area contributed by atoms with Crippen molar-refractivity contribution >= 4 is 62.4 Å². The molecule has 3 heterocycles. The molecule has 0 amide bonds. The predicted molar refractivity (Wildman–Crippen MR) is 184 cm³/mol. The van der Waals surface area contributed by atoms with Gasteiger partial charge in [0.15, 0.2) is 22.8 Å². The summed E-state index contributed by atoms with van der Waals surface area (Å²) in [5.74, 6) is 2.11. The first kappa shape index (κ1) is 27.9. The summed E-state index contributed by atoms with van der Waals surface area (Å²) in [5.41, 5.74) is 4.05. The molecule has 2 aliphatic rings. The smallest absolute Gasteiger partial charge is 0.205 e. The maximum Gasteiger partial charge on any atom is 0.205 e. The summed E-state index contributed by atoms with van der Waals surface area (Å²) in [6, 6.07) is 44.7. The van der Waals surface area contributed by atoms with Gasteiger partial charge >= 0.3 is 0 Å². The summed E-state index contributed by atoms with van der Waals surface area (Å²) in [6.45, 7) is 4.20. The summed E-state index contributed by atoms with van der Waals surface area (Å²) in [6.07, 6.45) is 2.51. The van der Waals surface area contributed by atoms with Crippen molar-refractivity contribution in [1.82, 2.24) is 0 Å². The zero-order valence-electron chi connectivity index (χ0n) is 23.7. The van der Waals surface area contributed by atoms with Crippen LogP contribution in [0.2, 0.25) is 0 Å². The number of nitrogens with zero attached hydrogens (tertiary/aromatic N) is 4. The molecule has 7 rings (SSSR count). The minimum Gasteiger partial charge on any atom is -0.468 e. The number of hydrogen-bond donors (Lipinski definition) is 0. The lowest BCUT2D eigenvalue weighted by Gasteiger charge is -2.26. The van der Waals surface area contributed by atoms with Gasteiger partial charge in [-0.2, -0.15) is 4.40 Å². The lowest BCUT2D eigenvalue weighted by atomic mass is 10.2. The Kier molecular flexibility index (Phi) is 8.08. The normalized spacial score (nSPS) is 16.3. The zero-order chi connectivity index (χ0) is 29.7. The van der Waals surface area contributed by atoms with Crippen LogP contribution in [0.25, 0.3) is 0 Å². The van der Waals surface area contributed by atoms with Gasteiger partial charge in [-0.05, 0) is 72.4 Å². The molecule has 0 saturated carbocycles. The largest absolute Gasteiger partial charge is 0.468 e. The molecule has 2 aliphatic heterocycles. The van der Waals surface area contributed by atoms with Crippen LogP contribution in [0.3, 0.4) is 0 Å². The number of aliphatic imine (C=N–C) groups is 1. The molecule has 5 aromatic rings. The molecule has 0 bridgehead atoms. The predicted octanol–water partition coefficient (Wildman–Crippen LogP) is 10.2. The monoisotopic (exact) mass is 612 g/mol. The van der Waals surface area contributed by atoms with Gasteiger partial charge in [0.2, 0.25) is 5.88 Å². The maximum absolute atomic E-state index is 6.54. The van der Waals surface area contributed by atoms with Gasteiger partial charge in [0.05, 0.1) is 5.03 Å². The van der Waals surface area contributed by atoms with E-state index in [1.54, 1.807) is 0 Å². The Morgan fingerprint density at radius 3 is 1.73 bits per heavy atom. The highest BCUT2D eigenvalue weighted by molar-refractivity contribution is 8.20. The van der Waals surface area contributed by atoms with Crippen molar-refractivity contribution in [3.8, 4) is 0 Å². The van der Waals surface area contributed by atoms with Crippen molar-refractivity contribution in [2.75, 3.05) is 9.80 Å². The van der Waals surface area contributed by atoms with E-state index in [4.69, 9.17) is 18.5 Å². The summed E-state index contributed by atoms with van der Waals surface area (Å²) in [7, 11) is 0. The third kappa shape index (κ3) is 5.95. The second kappa shape index (κ2) is 12.8. The van der Waals surface area contributed by atoms with Crippen LogP contribution in [0.5, 0.6) is 0 Å². The molecule has 8 heteroatoms.